The third-order valence-electron chi connectivity index (χ3n) is 8.62. The van der Waals surface area contributed by atoms with Crippen molar-refractivity contribution in [1.29, 1.82) is 0 Å². The third kappa shape index (κ3) is 36.5. The Morgan fingerprint density at radius 2 is 1.06 bits per heavy atom. The fourth-order valence-electron chi connectivity index (χ4n) is 5.46. The Morgan fingerprint density at radius 1 is 0.596 bits per heavy atom. The highest BCUT2D eigenvalue weighted by molar-refractivity contribution is 7.47. The van der Waals surface area contributed by atoms with Gasteiger partial charge in [-0.25, -0.2) is 4.57 Å². The molecule has 0 fully saturated rings. The Morgan fingerprint density at radius 3 is 1.58 bits per heavy atom. The van der Waals surface area contributed by atoms with Crippen LogP contribution in [-0.2, 0) is 32.7 Å². The number of phosphoric acid groups is 1. The second-order valence-corrected chi connectivity index (χ2v) is 15.2. The number of aliphatic hydroxyl groups excluding tert-OH is 2. The minimum absolute atomic E-state index is 0.162. The fourth-order valence-corrected chi connectivity index (χ4v) is 6.25. The summed E-state index contributed by atoms with van der Waals surface area (Å²) < 4.78 is 32.6. The topological polar surface area (TPSA) is 149 Å². The first-order valence-corrected chi connectivity index (χ1v) is 22.0. The molecule has 0 aromatic heterocycles. The van der Waals surface area contributed by atoms with Crippen LogP contribution in [0.1, 0.15) is 174 Å². The Balaban J connectivity index is 4.32. The molecule has 0 aliphatic carbocycles. The zero-order valence-electron chi connectivity index (χ0n) is 32.8. The van der Waals surface area contributed by atoms with Crippen LogP contribution >= 0.6 is 7.82 Å². The molecular formula is C41H75O10P. The predicted molar refractivity (Wildman–Crippen MR) is 210 cm³/mol. The first-order valence-electron chi connectivity index (χ1n) is 20.5. The molecule has 11 heteroatoms. The lowest BCUT2D eigenvalue weighted by Crippen LogP contribution is -2.29. The molecule has 0 aliphatic rings. The van der Waals surface area contributed by atoms with Gasteiger partial charge in [0.1, 0.15) is 12.7 Å². The summed E-state index contributed by atoms with van der Waals surface area (Å²) in [6, 6.07) is 0. The normalized spacial score (nSPS) is 14.3. The van der Waals surface area contributed by atoms with E-state index in [1.807, 2.05) is 18.2 Å². The number of phosphoric ester groups is 1. The van der Waals surface area contributed by atoms with Gasteiger partial charge in [-0.3, -0.25) is 18.6 Å². The highest BCUT2D eigenvalue weighted by atomic mass is 31.2. The first kappa shape index (κ1) is 50.2. The monoisotopic (exact) mass is 759 g/mol. The molecule has 304 valence electrons. The van der Waals surface area contributed by atoms with Crippen molar-refractivity contribution in [1.82, 2.24) is 0 Å². The zero-order valence-corrected chi connectivity index (χ0v) is 33.7. The van der Waals surface area contributed by atoms with Gasteiger partial charge in [-0.2, -0.15) is 0 Å². The molecule has 0 aliphatic heterocycles. The summed E-state index contributed by atoms with van der Waals surface area (Å²) in [5, 5.41) is 18.3. The van der Waals surface area contributed by atoms with Crippen molar-refractivity contribution in [2.24, 2.45) is 0 Å². The number of esters is 2. The van der Waals surface area contributed by atoms with Crippen molar-refractivity contribution in [2.75, 3.05) is 26.4 Å². The van der Waals surface area contributed by atoms with Crippen LogP contribution in [0.15, 0.2) is 36.5 Å². The highest BCUT2D eigenvalue weighted by Gasteiger charge is 2.27. The van der Waals surface area contributed by atoms with Gasteiger partial charge in [-0.1, -0.05) is 166 Å². The van der Waals surface area contributed by atoms with Crippen molar-refractivity contribution in [3.05, 3.63) is 36.5 Å². The van der Waals surface area contributed by atoms with Crippen molar-refractivity contribution in [3.8, 4) is 0 Å². The third-order valence-corrected chi connectivity index (χ3v) is 9.57. The number of rotatable bonds is 38. The maximum Gasteiger partial charge on any atom is 0.472 e. The lowest BCUT2D eigenvalue weighted by atomic mass is 10.0. The second-order valence-electron chi connectivity index (χ2n) is 13.7. The Kier molecular flexibility index (Phi) is 36.2. The number of unbranched alkanes of at least 4 members (excludes halogenated alkanes) is 20. The number of carbonyl (C=O) groups excluding carboxylic acids is 2. The van der Waals surface area contributed by atoms with E-state index in [-0.39, 0.29) is 19.4 Å². The largest absolute Gasteiger partial charge is 0.472 e. The van der Waals surface area contributed by atoms with Crippen LogP contribution in [0, 0.1) is 0 Å². The van der Waals surface area contributed by atoms with Crippen LogP contribution < -0.4 is 0 Å². The molecule has 0 rings (SSSR count). The van der Waals surface area contributed by atoms with E-state index in [1.165, 1.54) is 77.0 Å². The molecule has 3 atom stereocenters. The molecular weight excluding hydrogens is 683 g/mol. The number of hydrogen-bond acceptors (Lipinski definition) is 9. The molecule has 0 bridgehead atoms. The highest BCUT2D eigenvalue weighted by Crippen LogP contribution is 2.43. The molecule has 0 amide bonds. The molecule has 2 unspecified atom stereocenters. The molecule has 3 N–H and O–H groups in total. The SMILES string of the molecule is CC/C=C/C=C/C=C/CCCCCCCC(=O)OC(COC(=O)CCCCCCCCCCCCCCCCCC)COP(=O)(O)OC[C@@H](O)CO. The summed E-state index contributed by atoms with van der Waals surface area (Å²) in [6.07, 6.45) is 36.8. The standard InChI is InChI=1S/C41H75O10P/c1-3-5-7-9-11-13-15-17-18-19-21-22-24-26-28-30-32-40(44)48-36-39(37-50-52(46,47)49-35-38(43)34-42)51-41(45)33-31-29-27-25-23-20-16-14-12-10-8-6-4-2/h6,8,10,12,14,16,38-39,42-43H,3-5,7,9,11,13,15,17-37H2,1-2H3,(H,46,47)/b8-6+,12-10+,16-14+/t38-,39?/m0/s1. The maximum atomic E-state index is 12.6. The molecule has 0 radical (unpaired) electrons. The van der Waals surface area contributed by atoms with Gasteiger partial charge < -0.3 is 24.6 Å². The Bertz CT molecular complexity index is 967. The van der Waals surface area contributed by atoms with Gasteiger partial charge in [-0.05, 0) is 32.1 Å². The average Bonchev–Trinajstić information content (AvgIpc) is 3.13. The van der Waals surface area contributed by atoms with E-state index >= 15 is 0 Å². The Hall–Kier alpha value is -1.81. The summed E-state index contributed by atoms with van der Waals surface area (Å²) in [6.45, 7) is 2.22. The van der Waals surface area contributed by atoms with Crippen molar-refractivity contribution in [2.45, 2.75) is 187 Å². The number of allylic oxidation sites excluding steroid dienone is 6. The molecule has 0 spiro atoms. The van der Waals surface area contributed by atoms with E-state index in [0.29, 0.717) is 12.8 Å². The maximum absolute atomic E-state index is 12.6. The van der Waals surface area contributed by atoms with Gasteiger partial charge in [0.15, 0.2) is 6.10 Å². The number of carbonyl (C=O) groups is 2. The van der Waals surface area contributed by atoms with E-state index < -0.39 is 51.8 Å². The smallest absolute Gasteiger partial charge is 0.462 e. The van der Waals surface area contributed by atoms with Crippen LogP contribution in [0.2, 0.25) is 0 Å². The van der Waals surface area contributed by atoms with Gasteiger partial charge in [0.2, 0.25) is 0 Å². The summed E-state index contributed by atoms with van der Waals surface area (Å²) in [5.41, 5.74) is 0. The summed E-state index contributed by atoms with van der Waals surface area (Å²) in [4.78, 5) is 34.9. The van der Waals surface area contributed by atoms with E-state index in [0.717, 1.165) is 57.8 Å². The zero-order chi connectivity index (χ0) is 38.4. The summed E-state index contributed by atoms with van der Waals surface area (Å²) in [7, 11) is -4.62. The molecule has 0 aromatic carbocycles. The van der Waals surface area contributed by atoms with Crippen LogP contribution in [0.3, 0.4) is 0 Å². The lowest BCUT2D eigenvalue weighted by Gasteiger charge is -2.20. The lowest BCUT2D eigenvalue weighted by molar-refractivity contribution is -0.161. The summed E-state index contributed by atoms with van der Waals surface area (Å²) >= 11 is 0. The van der Waals surface area contributed by atoms with Gasteiger partial charge in [-0.15, -0.1) is 0 Å². The van der Waals surface area contributed by atoms with Gasteiger partial charge in [0, 0.05) is 12.8 Å². The number of ether oxygens (including phenoxy) is 2. The Labute approximate surface area is 316 Å². The molecule has 0 saturated carbocycles. The molecule has 0 aromatic rings. The van der Waals surface area contributed by atoms with Crippen molar-refractivity contribution >= 4 is 19.8 Å². The fraction of sp³-hybridized carbons (Fsp3) is 0.805. The van der Waals surface area contributed by atoms with Crippen LogP contribution in [-0.4, -0.2) is 65.7 Å². The molecule has 52 heavy (non-hydrogen) atoms. The number of hydrogen-bond donors (Lipinski definition) is 3. The molecule has 10 nitrogen and oxygen atoms in total. The van der Waals surface area contributed by atoms with E-state index in [2.05, 4.69) is 36.6 Å². The van der Waals surface area contributed by atoms with Crippen molar-refractivity contribution in [3.63, 3.8) is 0 Å². The molecule has 0 heterocycles. The van der Waals surface area contributed by atoms with Gasteiger partial charge >= 0.3 is 19.8 Å². The minimum Gasteiger partial charge on any atom is -0.462 e. The van der Waals surface area contributed by atoms with Crippen LogP contribution in [0.25, 0.3) is 0 Å². The van der Waals surface area contributed by atoms with E-state index in [4.69, 9.17) is 19.1 Å². The van der Waals surface area contributed by atoms with E-state index in [9.17, 15) is 24.2 Å². The van der Waals surface area contributed by atoms with Crippen molar-refractivity contribution < 1.29 is 47.8 Å². The van der Waals surface area contributed by atoms with Gasteiger partial charge in [0.05, 0.1) is 19.8 Å². The van der Waals surface area contributed by atoms with Gasteiger partial charge in [0.25, 0.3) is 0 Å². The summed E-state index contributed by atoms with van der Waals surface area (Å²) in [5.74, 6) is -0.946. The van der Waals surface area contributed by atoms with Crippen LogP contribution in [0.5, 0.6) is 0 Å². The first-order chi connectivity index (χ1) is 25.2. The van der Waals surface area contributed by atoms with Crippen LogP contribution in [0.4, 0.5) is 0 Å². The average molecular weight is 759 g/mol. The second kappa shape index (κ2) is 37.5. The molecule has 0 saturated heterocycles. The minimum atomic E-state index is -4.62. The predicted octanol–water partition coefficient (Wildman–Crippen LogP) is 10.4. The van der Waals surface area contributed by atoms with E-state index in [1.54, 1.807) is 0 Å². The quantitative estimate of drug-likeness (QED) is 0.0240. The number of aliphatic hydroxyl groups is 2.